The van der Waals surface area contributed by atoms with Gasteiger partial charge in [-0.05, 0) is 31.2 Å². The number of guanidine groups is 2. The zero-order valence-electron chi connectivity index (χ0n) is 9.19. The maximum absolute atomic E-state index is 5.89. The summed E-state index contributed by atoms with van der Waals surface area (Å²) < 4.78 is 2.90. The lowest BCUT2D eigenvalue weighted by Gasteiger charge is -2.19. The molecule has 1 unspecified atom stereocenters. The van der Waals surface area contributed by atoms with Crippen LogP contribution in [0.15, 0.2) is 33.7 Å². The number of rotatable bonds is 1. The van der Waals surface area contributed by atoms with Crippen LogP contribution in [0.5, 0.6) is 0 Å². The van der Waals surface area contributed by atoms with Crippen LogP contribution in [0.4, 0.5) is 5.69 Å². The van der Waals surface area contributed by atoms with E-state index in [4.69, 9.17) is 11.5 Å². The maximum Gasteiger partial charge on any atom is 0.357 e. The van der Waals surface area contributed by atoms with Crippen molar-refractivity contribution in [2.75, 3.05) is 0 Å². The molecule has 1 heterocycles. The summed E-state index contributed by atoms with van der Waals surface area (Å²) in [5.74, 6) is 0.834. The van der Waals surface area contributed by atoms with E-state index in [0.29, 0.717) is 11.9 Å². The molecule has 0 aliphatic carbocycles. The SMILES string of the molecule is CC1N=C(N)NC(N)=[N+]1c1ccc(Br)cc1.[Cl-]. The molecule has 0 fully saturated rings. The monoisotopic (exact) mass is 317 g/mol. The lowest BCUT2D eigenvalue weighted by molar-refractivity contribution is -0.482. The number of nitrogens with zero attached hydrogens (tertiary/aromatic N) is 2. The number of nitrogens with one attached hydrogen (secondary N) is 1. The van der Waals surface area contributed by atoms with Crippen LogP contribution in [0.2, 0.25) is 0 Å². The summed E-state index contributed by atoms with van der Waals surface area (Å²) in [6.07, 6.45) is -0.109. The van der Waals surface area contributed by atoms with Gasteiger partial charge in [-0.3, -0.25) is 5.73 Å². The van der Waals surface area contributed by atoms with Crippen molar-refractivity contribution >= 4 is 33.5 Å². The Morgan fingerprint density at radius 3 is 2.41 bits per heavy atom. The minimum atomic E-state index is -0.109. The van der Waals surface area contributed by atoms with E-state index in [1.165, 1.54) is 0 Å². The van der Waals surface area contributed by atoms with Crippen molar-refractivity contribution in [1.29, 1.82) is 0 Å². The standard InChI is InChI=1S/C10H12BrN5.ClH/c1-6-14-9(12)15-10(13)16(6)8-4-2-7(11)3-5-8;/h2-6H,1H3,(H4,12,13,14,15);1H. The van der Waals surface area contributed by atoms with E-state index in [0.717, 1.165) is 10.2 Å². The number of hydrogen-bond donors (Lipinski definition) is 3. The average molecular weight is 319 g/mol. The Hall–Kier alpha value is -1.27. The molecule has 0 saturated heterocycles. The molecule has 0 aromatic heterocycles. The number of aliphatic imine (C=N–C) groups is 1. The van der Waals surface area contributed by atoms with Crippen LogP contribution >= 0.6 is 15.9 Å². The van der Waals surface area contributed by atoms with Gasteiger partial charge >= 0.3 is 5.96 Å². The first kappa shape index (κ1) is 13.8. The van der Waals surface area contributed by atoms with E-state index in [1.54, 1.807) is 0 Å². The largest absolute Gasteiger partial charge is 1.00 e. The third-order valence-corrected chi connectivity index (χ3v) is 2.85. The van der Waals surface area contributed by atoms with Gasteiger partial charge in [0.15, 0.2) is 6.17 Å². The highest BCUT2D eigenvalue weighted by Crippen LogP contribution is 2.19. The third kappa shape index (κ3) is 2.89. The van der Waals surface area contributed by atoms with Gasteiger partial charge < -0.3 is 18.1 Å². The van der Waals surface area contributed by atoms with Crippen molar-refractivity contribution in [3.8, 4) is 0 Å². The fourth-order valence-electron chi connectivity index (χ4n) is 1.64. The summed E-state index contributed by atoms with van der Waals surface area (Å²) in [6.45, 7) is 1.93. The minimum Gasteiger partial charge on any atom is -1.00 e. The van der Waals surface area contributed by atoms with Gasteiger partial charge in [-0.2, -0.15) is 4.99 Å². The molecule has 1 aromatic rings. The molecule has 0 bridgehead atoms. The Morgan fingerprint density at radius 1 is 1.29 bits per heavy atom. The normalized spacial score (nSPS) is 19.2. The Morgan fingerprint density at radius 2 is 1.88 bits per heavy atom. The predicted octanol–water partition coefficient (Wildman–Crippen LogP) is -2.32. The third-order valence-electron chi connectivity index (χ3n) is 2.32. The molecule has 5 N–H and O–H groups in total. The van der Waals surface area contributed by atoms with Gasteiger partial charge in [0.1, 0.15) is 5.69 Å². The predicted molar refractivity (Wildman–Crippen MR) is 67.5 cm³/mol. The van der Waals surface area contributed by atoms with Crippen molar-refractivity contribution in [3.05, 3.63) is 28.7 Å². The molecule has 1 aliphatic heterocycles. The molecule has 1 aromatic carbocycles. The molecule has 0 spiro atoms. The van der Waals surface area contributed by atoms with Crippen LogP contribution < -0.4 is 29.2 Å². The average Bonchev–Trinajstić information content (AvgIpc) is 2.19. The summed E-state index contributed by atoms with van der Waals surface area (Å²) in [4.78, 5) is 4.21. The van der Waals surface area contributed by atoms with Crippen molar-refractivity contribution in [1.82, 2.24) is 5.32 Å². The zero-order valence-corrected chi connectivity index (χ0v) is 11.5. The smallest absolute Gasteiger partial charge is 0.357 e. The van der Waals surface area contributed by atoms with Crippen molar-refractivity contribution in [3.63, 3.8) is 0 Å². The highest BCUT2D eigenvalue weighted by molar-refractivity contribution is 9.10. The Bertz CT molecular complexity index is 468. The van der Waals surface area contributed by atoms with E-state index in [1.807, 2.05) is 35.8 Å². The number of nitrogens with two attached hydrogens (primary N) is 2. The van der Waals surface area contributed by atoms with Crippen molar-refractivity contribution in [2.45, 2.75) is 13.1 Å². The van der Waals surface area contributed by atoms with Crippen LogP contribution in [0.1, 0.15) is 6.92 Å². The van der Waals surface area contributed by atoms with Crippen molar-refractivity contribution in [2.24, 2.45) is 16.5 Å². The highest BCUT2D eigenvalue weighted by Gasteiger charge is 2.23. The second-order valence-corrected chi connectivity index (χ2v) is 4.42. The summed E-state index contributed by atoms with van der Waals surface area (Å²) in [5.41, 5.74) is 12.4. The van der Waals surface area contributed by atoms with Crippen molar-refractivity contribution < 1.29 is 17.0 Å². The molecule has 5 nitrogen and oxygen atoms in total. The topological polar surface area (TPSA) is 79.4 Å². The number of hydrogen-bond acceptors (Lipinski definition) is 4. The number of benzene rings is 1. The fourth-order valence-corrected chi connectivity index (χ4v) is 1.90. The van der Waals surface area contributed by atoms with Crippen LogP contribution in [-0.2, 0) is 0 Å². The molecule has 17 heavy (non-hydrogen) atoms. The Labute approximate surface area is 114 Å². The minimum absolute atomic E-state index is 0. The first-order chi connectivity index (χ1) is 7.58. The molecular weight excluding hydrogens is 306 g/mol. The van der Waals surface area contributed by atoms with E-state index in [9.17, 15) is 0 Å². The molecule has 1 aliphatic rings. The van der Waals surface area contributed by atoms with Crippen LogP contribution in [0.3, 0.4) is 0 Å². The Kier molecular flexibility index (Phi) is 4.36. The lowest BCUT2D eigenvalue weighted by Crippen LogP contribution is -3.00. The summed E-state index contributed by atoms with van der Waals surface area (Å²) in [6, 6.07) is 7.84. The van der Waals surface area contributed by atoms with E-state index >= 15 is 0 Å². The number of halogens is 2. The van der Waals surface area contributed by atoms with Gasteiger partial charge in [0.2, 0.25) is 0 Å². The molecule has 1 atom stereocenters. The molecule has 7 heteroatoms. The molecule has 0 amide bonds. The van der Waals surface area contributed by atoms with Gasteiger partial charge in [0.05, 0.1) is 0 Å². The van der Waals surface area contributed by atoms with Gasteiger partial charge in [0.25, 0.3) is 5.96 Å². The first-order valence-electron chi connectivity index (χ1n) is 4.85. The second-order valence-electron chi connectivity index (χ2n) is 3.50. The molecule has 2 rings (SSSR count). The van der Waals surface area contributed by atoms with Gasteiger partial charge in [0, 0.05) is 4.47 Å². The molecule has 92 valence electrons. The quantitative estimate of drug-likeness (QED) is 0.509. The first-order valence-corrected chi connectivity index (χ1v) is 5.65. The summed E-state index contributed by atoms with van der Waals surface area (Å²) in [7, 11) is 0. The van der Waals surface area contributed by atoms with Crippen LogP contribution in [0.25, 0.3) is 0 Å². The van der Waals surface area contributed by atoms with E-state index < -0.39 is 0 Å². The van der Waals surface area contributed by atoms with Crippen LogP contribution in [-0.4, -0.2) is 22.7 Å². The van der Waals surface area contributed by atoms with E-state index in [2.05, 4.69) is 26.2 Å². The van der Waals surface area contributed by atoms with Gasteiger partial charge in [-0.15, -0.1) is 0 Å². The second kappa shape index (κ2) is 5.37. The molecule has 0 radical (unpaired) electrons. The molecule has 0 saturated carbocycles. The highest BCUT2D eigenvalue weighted by atomic mass is 79.9. The zero-order chi connectivity index (χ0) is 11.7. The van der Waals surface area contributed by atoms with Crippen LogP contribution in [0, 0.1) is 0 Å². The van der Waals surface area contributed by atoms with Gasteiger partial charge in [-0.25, -0.2) is 9.89 Å². The summed E-state index contributed by atoms with van der Waals surface area (Å²) in [5, 5.41) is 2.81. The van der Waals surface area contributed by atoms with E-state index in [-0.39, 0.29) is 18.6 Å². The molecular formula is C10H13BrClN5. The van der Waals surface area contributed by atoms with Gasteiger partial charge in [-0.1, -0.05) is 15.9 Å². The lowest BCUT2D eigenvalue weighted by atomic mass is 10.3. The fraction of sp³-hybridized carbons (Fsp3) is 0.200. The summed E-state index contributed by atoms with van der Waals surface area (Å²) >= 11 is 3.39. The maximum atomic E-state index is 5.89. The Balaban J connectivity index is 0.00000144.